The van der Waals surface area contributed by atoms with Gasteiger partial charge in [0, 0.05) is 44.3 Å². The van der Waals surface area contributed by atoms with Crippen molar-refractivity contribution in [2.45, 2.75) is 19.9 Å². The fourth-order valence-electron chi connectivity index (χ4n) is 2.74. The summed E-state index contributed by atoms with van der Waals surface area (Å²) < 4.78 is 5.68. The number of nitrogens with zero attached hydrogens (tertiary/aromatic N) is 2. The highest BCUT2D eigenvalue weighted by atomic mass is 16.5. The molecule has 4 nitrogen and oxygen atoms in total. The van der Waals surface area contributed by atoms with E-state index in [0.29, 0.717) is 6.61 Å². The van der Waals surface area contributed by atoms with Gasteiger partial charge in [0.05, 0.1) is 6.61 Å². The molecule has 112 valence electrons. The topological polar surface area (TPSA) is 41.7 Å². The molecule has 4 heteroatoms. The van der Waals surface area contributed by atoms with Crippen LogP contribution in [0.15, 0.2) is 24.3 Å². The molecule has 0 amide bonds. The number of nitrogens with two attached hydrogens (primary N) is 1. The first-order valence-corrected chi connectivity index (χ1v) is 7.66. The number of rotatable bonds is 6. The molecule has 1 saturated heterocycles. The number of para-hydroxylation sites is 1. The van der Waals surface area contributed by atoms with E-state index >= 15 is 0 Å². The van der Waals surface area contributed by atoms with Crippen LogP contribution in [0.2, 0.25) is 0 Å². The highest BCUT2D eigenvalue weighted by molar-refractivity contribution is 5.36. The summed E-state index contributed by atoms with van der Waals surface area (Å²) in [6.45, 7) is 11.5. The van der Waals surface area contributed by atoms with Gasteiger partial charge in [-0.2, -0.15) is 0 Å². The Bertz CT molecular complexity index is 402. The van der Waals surface area contributed by atoms with Gasteiger partial charge in [-0.25, -0.2) is 0 Å². The van der Waals surface area contributed by atoms with Crippen molar-refractivity contribution < 1.29 is 4.74 Å². The largest absolute Gasteiger partial charge is 0.494 e. The lowest BCUT2D eigenvalue weighted by atomic mass is 10.1. The Hall–Kier alpha value is -1.10. The maximum absolute atomic E-state index is 6.39. The SMILES string of the molecule is CCOc1ccccc1C(N)CN1CCN(CC)CC1. The van der Waals surface area contributed by atoms with Crippen LogP contribution >= 0.6 is 0 Å². The van der Waals surface area contributed by atoms with Crippen LogP contribution in [0, 0.1) is 0 Å². The molecule has 2 rings (SSSR count). The van der Waals surface area contributed by atoms with E-state index in [1.807, 2.05) is 25.1 Å². The van der Waals surface area contributed by atoms with Crippen LogP contribution in [0.25, 0.3) is 0 Å². The summed E-state index contributed by atoms with van der Waals surface area (Å²) in [5, 5.41) is 0. The Morgan fingerprint density at radius 1 is 1.10 bits per heavy atom. The van der Waals surface area contributed by atoms with Crippen molar-refractivity contribution >= 4 is 0 Å². The molecule has 0 radical (unpaired) electrons. The smallest absolute Gasteiger partial charge is 0.124 e. The predicted molar refractivity (Wildman–Crippen MR) is 83.1 cm³/mol. The van der Waals surface area contributed by atoms with E-state index < -0.39 is 0 Å². The first-order chi connectivity index (χ1) is 9.74. The molecule has 0 spiro atoms. The minimum Gasteiger partial charge on any atom is -0.494 e. The fraction of sp³-hybridized carbons (Fsp3) is 0.625. The van der Waals surface area contributed by atoms with E-state index in [1.165, 1.54) is 0 Å². The minimum absolute atomic E-state index is 0.0194. The van der Waals surface area contributed by atoms with Crippen LogP contribution in [0.5, 0.6) is 5.75 Å². The molecule has 1 atom stereocenters. The number of benzene rings is 1. The number of ether oxygens (including phenoxy) is 1. The summed E-state index contributed by atoms with van der Waals surface area (Å²) in [5.74, 6) is 0.926. The van der Waals surface area contributed by atoms with E-state index in [4.69, 9.17) is 10.5 Å². The van der Waals surface area contributed by atoms with E-state index in [1.54, 1.807) is 0 Å². The fourth-order valence-corrected chi connectivity index (χ4v) is 2.74. The van der Waals surface area contributed by atoms with Gasteiger partial charge in [-0.1, -0.05) is 25.1 Å². The van der Waals surface area contributed by atoms with Crippen molar-refractivity contribution in [1.82, 2.24) is 9.80 Å². The number of piperazine rings is 1. The average molecular weight is 277 g/mol. The zero-order chi connectivity index (χ0) is 14.4. The number of likely N-dealkylation sites (N-methyl/N-ethyl adjacent to an activating group) is 1. The second-order valence-electron chi connectivity index (χ2n) is 5.31. The lowest BCUT2D eigenvalue weighted by Crippen LogP contribution is -2.48. The number of hydrogen-bond acceptors (Lipinski definition) is 4. The molecule has 0 aromatic heterocycles. The normalized spacial score (nSPS) is 18.9. The van der Waals surface area contributed by atoms with Crippen molar-refractivity contribution in [3.05, 3.63) is 29.8 Å². The molecule has 1 heterocycles. The Labute approximate surface area is 122 Å². The molecular formula is C16H27N3O. The molecule has 1 aliphatic heterocycles. The summed E-state index contributed by atoms with van der Waals surface area (Å²) in [4.78, 5) is 4.94. The molecule has 1 aromatic rings. The Morgan fingerprint density at radius 2 is 1.75 bits per heavy atom. The van der Waals surface area contributed by atoms with Crippen molar-refractivity contribution in [2.24, 2.45) is 5.73 Å². The first-order valence-electron chi connectivity index (χ1n) is 7.66. The van der Waals surface area contributed by atoms with Gasteiger partial charge < -0.3 is 15.4 Å². The van der Waals surface area contributed by atoms with Crippen LogP contribution in [-0.4, -0.2) is 55.7 Å². The van der Waals surface area contributed by atoms with Gasteiger partial charge >= 0.3 is 0 Å². The zero-order valence-corrected chi connectivity index (χ0v) is 12.7. The van der Waals surface area contributed by atoms with Gasteiger partial charge in [0.2, 0.25) is 0 Å². The van der Waals surface area contributed by atoms with E-state index in [0.717, 1.165) is 50.6 Å². The van der Waals surface area contributed by atoms with Crippen molar-refractivity contribution in [2.75, 3.05) is 45.9 Å². The van der Waals surface area contributed by atoms with Gasteiger partial charge in [0.1, 0.15) is 5.75 Å². The summed E-state index contributed by atoms with van der Waals surface area (Å²) in [6, 6.07) is 8.14. The number of hydrogen-bond donors (Lipinski definition) is 1. The standard InChI is InChI=1S/C16H27N3O/c1-3-18-9-11-19(12-10-18)13-15(17)14-7-5-6-8-16(14)20-4-2/h5-8,15H,3-4,9-13,17H2,1-2H3. The molecule has 0 saturated carbocycles. The Kier molecular flexibility index (Phi) is 5.83. The molecule has 0 bridgehead atoms. The highest BCUT2D eigenvalue weighted by Crippen LogP contribution is 2.24. The van der Waals surface area contributed by atoms with Crippen molar-refractivity contribution in [1.29, 1.82) is 0 Å². The summed E-state index contributed by atoms with van der Waals surface area (Å²) in [5.41, 5.74) is 7.51. The molecular weight excluding hydrogens is 250 g/mol. The third kappa shape index (κ3) is 3.95. The average Bonchev–Trinajstić information content (AvgIpc) is 2.49. The second-order valence-corrected chi connectivity index (χ2v) is 5.31. The summed E-state index contributed by atoms with van der Waals surface area (Å²) >= 11 is 0. The lowest BCUT2D eigenvalue weighted by Gasteiger charge is -2.35. The zero-order valence-electron chi connectivity index (χ0n) is 12.7. The molecule has 1 fully saturated rings. The summed E-state index contributed by atoms with van der Waals surface area (Å²) in [6.07, 6.45) is 0. The van der Waals surface area contributed by atoms with Gasteiger partial charge in [0.15, 0.2) is 0 Å². The van der Waals surface area contributed by atoms with Crippen LogP contribution in [-0.2, 0) is 0 Å². The van der Waals surface area contributed by atoms with Crippen LogP contribution in [0.1, 0.15) is 25.5 Å². The van der Waals surface area contributed by atoms with Crippen molar-refractivity contribution in [3.8, 4) is 5.75 Å². The molecule has 1 unspecified atom stereocenters. The van der Waals surface area contributed by atoms with Crippen molar-refractivity contribution in [3.63, 3.8) is 0 Å². The van der Waals surface area contributed by atoms with E-state index in [9.17, 15) is 0 Å². The lowest BCUT2D eigenvalue weighted by molar-refractivity contribution is 0.131. The van der Waals surface area contributed by atoms with E-state index in [-0.39, 0.29) is 6.04 Å². The molecule has 20 heavy (non-hydrogen) atoms. The van der Waals surface area contributed by atoms with Gasteiger partial charge in [-0.05, 0) is 19.5 Å². The molecule has 1 aromatic carbocycles. The molecule has 2 N–H and O–H groups in total. The van der Waals surface area contributed by atoms with Crippen LogP contribution < -0.4 is 10.5 Å². The Balaban J connectivity index is 1.93. The summed E-state index contributed by atoms with van der Waals surface area (Å²) in [7, 11) is 0. The maximum Gasteiger partial charge on any atom is 0.124 e. The third-order valence-corrected chi connectivity index (χ3v) is 3.99. The van der Waals surface area contributed by atoms with Crippen LogP contribution in [0.4, 0.5) is 0 Å². The first kappa shape index (κ1) is 15.3. The quantitative estimate of drug-likeness (QED) is 0.860. The highest BCUT2D eigenvalue weighted by Gasteiger charge is 2.19. The second kappa shape index (κ2) is 7.62. The van der Waals surface area contributed by atoms with Crippen LogP contribution in [0.3, 0.4) is 0 Å². The van der Waals surface area contributed by atoms with E-state index in [2.05, 4.69) is 22.8 Å². The van der Waals surface area contributed by atoms with Gasteiger partial charge in [-0.3, -0.25) is 4.90 Å². The predicted octanol–water partition coefficient (Wildman–Crippen LogP) is 1.72. The maximum atomic E-state index is 6.39. The van der Waals surface area contributed by atoms with Gasteiger partial charge in [0.25, 0.3) is 0 Å². The Morgan fingerprint density at radius 3 is 2.40 bits per heavy atom. The third-order valence-electron chi connectivity index (χ3n) is 3.99. The molecule has 1 aliphatic rings. The van der Waals surface area contributed by atoms with Gasteiger partial charge in [-0.15, -0.1) is 0 Å². The monoisotopic (exact) mass is 277 g/mol. The minimum atomic E-state index is 0.0194. The molecule has 0 aliphatic carbocycles.